The third-order valence-electron chi connectivity index (χ3n) is 5.45. The third-order valence-corrected chi connectivity index (χ3v) is 10.0. The Morgan fingerprint density at radius 2 is 1.09 bits per heavy atom. The van der Waals surface area contributed by atoms with Gasteiger partial charge < -0.3 is 12.4 Å². The zero-order valence-electron chi connectivity index (χ0n) is 18.2. The highest BCUT2D eigenvalue weighted by molar-refractivity contribution is 7.99. The monoisotopic (exact) mass is 491 g/mol. The molecule has 0 aliphatic carbocycles. The second-order valence-electron chi connectivity index (χ2n) is 7.49. The molecule has 0 saturated heterocycles. The molecule has 0 fully saturated rings. The van der Waals surface area contributed by atoms with Crippen molar-refractivity contribution in [1.29, 1.82) is 0 Å². The molecule has 1 amide bonds. The second kappa shape index (κ2) is 11.3. The highest BCUT2D eigenvalue weighted by Crippen LogP contribution is 2.61. The molecular formula is C28H24Cl2NOP. The molecule has 0 aromatic heterocycles. The molecule has 0 heterocycles. The van der Waals surface area contributed by atoms with Crippen molar-refractivity contribution in [3.63, 3.8) is 0 Å². The van der Waals surface area contributed by atoms with E-state index in [0.29, 0.717) is 11.0 Å². The number of amides is 1. The van der Waals surface area contributed by atoms with E-state index in [2.05, 4.69) is 41.7 Å². The minimum Gasteiger partial charge on any atom is -1.00 e. The molecule has 33 heavy (non-hydrogen) atoms. The molecule has 0 saturated carbocycles. The topological polar surface area (TPSA) is 29.1 Å². The van der Waals surface area contributed by atoms with Gasteiger partial charge in [0.1, 0.15) is 15.9 Å². The van der Waals surface area contributed by atoms with Gasteiger partial charge in [-0.25, -0.2) is 0 Å². The molecule has 0 radical (unpaired) electrons. The Kier molecular flexibility index (Phi) is 8.47. The van der Waals surface area contributed by atoms with Crippen LogP contribution in [0.15, 0.2) is 126 Å². The molecule has 4 rings (SSSR count). The maximum absolute atomic E-state index is 13.3. The van der Waals surface area contributed by atoms with E-state index in [1.807, 2.05) is 85.8 Å². The molecule has 2 nitrogen and oxygen atoms in total. The predicted octanol–water partition coefficient (Wildman–Crippen LogP) is 2.76. The van der Waals surface area contributed by atoms with Gasteiger partial charge in [-0.05, 0) is 55.5 Å². The Balaban J connectivity index is 0.00000306. The van der Waals surface area contributed by atoms with Crippen LogP contribution < -0.4 is 33.6 Å². The normalized spacial score (nSPS) is 11.4. The number of halogens is 2. The van der Waals surface area contributed by atoms with Gasteiger partial charge in [-0.3, -0.25) is 10.1 Å². The number of aryl methyl sites for hydroxylation is 1. The Morgan fingerprint density at radius 3 is 1.45 bits per heavy atom. The lowest BCUT2D eigenvalue weighted by Gasteiger charge is -2.29. The van der Waals surface area contributed by atoms with Gasteiger partial charge in [0.2, 0.25) is 0 Å². The van der Waals surface area contributed by atoms with Crippen LogP contribution in [0.1, 0.15) is 15.9 Å². The van der Waals surface area contributed by atoms with E-state index >= 15 is 0 Å². The summed E-state index contributed by atoms with van der Waals surface area (Å²) in [4.78, 5) is 13.3. The predicted molar refractivity (Wildman–Crippen MR) is 138 cm³/mol. The van der Waals surface area contributed by atoms with Crippen LogP contribution >= 0.6 is 18.9 Å². The maximum atomic E-state index is 13.3. The van der Waals surface area contributed by atoms with Crippen LogP contribution in [0.2, 0.25) is 0 Å². The molecule has 0 atom stereocenters. The number of carbonyl (C=O) groups excluding carboxylic acids is 1. The largest absolute Gasteiger partial charge is 1.00 e. The first-order valence-electron chi connectivity index (χ1n) is 10.4. The van der Waals surface area contributed by atoms with E-state index in [0.717, 1.165) is 21.5 Å². The average molecular weight is 492 g/mol. The summed E-state index contributed by atoms with van der Waals surface area (Å²) in [5.74, 6) is -0.177. The molecule has 4 aromatic rings. The number of hydrogen-bond acceptors (Lipinski definition) is 1. The fourth-order valence-electron chi connectivity index (χ4n) is 3.90. The van der Waals surface area contributed by atoms with Crippen molar-refractivity contribution in [2.45, 2.75) is 6.92 Å². The zero-order chi connectivity index (χ0) is 22.4. The summed E-state index contributed by atoms with van der Waals surface area (Å²) < 4.78 is 0. The summed E-state index contributed by atoms with van der Waals surface area (Å²) >= 11 is 6.51. The van der Waals surface area contributed by atoms with Crippen LogP contribution in [0.25, 0.3) is 0 Å². The fourth-order valence-corrected chi connectivity index (χ4v) is 8.39. The Bertz CT molecular complexity index is 1110. The molecule has 166 valence electrons. The first kappa shape index (κ1) is 24.7. The van der Waals surface area contributed by atoms with Gasteiger partial charge in [0, 0.05) is 5.56 Å². The van der Waals surface area contributed by atoms with Crippen molar-refractivity contribution in [1.82, 2.24) is 5.32 Å². The summed E-state index contributed by atoms with van der Waals surface area (Å²) in [6.45, 7) is 2.00. The highest BCUT2D eigenvalue weighted by atomic mass is 35.5. The van der Waals surface area contributed by atoms with Gasteiger partial charge in [-0.1, -0.05) is 83.9 Å². The number of benzene rings is 4. The lowest BCUT2D eigenvalue weighted by Crippen LogP contribution is -3.00. The van der Waals surface area contributed by atoms with E-state index in [1.165, 1.54) is 5.54 Å². The summed E-state index contributed by atoms with van der Waals surface area (Å²) in [6, 6.07) is 38.5. The smallest absolute Gasteiger partial charge is 0.258 e. The van der Waals surface area contributed by atoms with Gasteiger partial charge in [-0.15, -0.1) is 0 Å². The van der Waals surface area contributed by atoms with Crippen molar-refractivity contribution >= 4 is 40.7 Å². The average Bonchev–Trinajstić information content (AvgIpc) is 2.86. The summed E-state index contributed by atoms with van der Waals surface area (Å²) in [6.07, 6.45) is 0. The zero-order valence-corrected chi connectivity index (χ0v) is 20.6. The minimum absolute atomic E-state index is 0. The van der Waals surface area contributed by atoms with Crippen molar-refractivity contribution < 1.29 is 17.2 Å². The first-order chi connectivity index (χ1) is 15.7. The van der Waals surface area contributed by atoms with E-state index in [-0.39, 0.29) is 18.3 Å². The van der Waals surface area contributed by atoms with Crippen molar-refractivity contribution in [3.05, 3.63) is 137 Å². The molecule has 0 aliphatic heterocycles. The van der Waals surface area contributed by atoms with Gasteiger partial charge in [0.05, 0.1) is 5.54 Å². The molecule has 4 aromatic carbocycles. The second-order valence-corrected chi connectivity index (χ2v) is 11.1. The molecule has 1 N–H and O–H groups in total. The van der Waals surface area contributed by atoms with Crippen molar-refractivity contribution in [2.24, 2.45) is 0 Å². The van der Waals surface area contributed by atoms with Crippen LogP contribution in [0.5, 0.6) is 0 Å². The molecule has 0 aliphatic rings. The van der Waals surface area contributed by atoms with E-state index < -0.39 is 7.26 Å². The van der Waals surface area contributed by atoms with Crippen LogP contribution in [0, 0.1) is 6.92 Å². The number of hydrogen-bond donors (Lipinski definition) is 1. The number of rotatable bonds is 6. The standard InChI is InChI=1S/C28H23ClNOP.ClH/c1-22-17-19-23(20-18-22)28(31)30-27(21-29)32(24-11-5-2-6-12-24,25-13-7-3-8-14-25)26-15-9-4-10-16-26;/h2-21H,1H3;1H. The quantitative estimate of drug-likeness (QED) is 0.413. The first-order valence-corrected chi connectivity index (χ1v) is 12.6. The van der Waals surface area contributed by atoms with Crippen molar-refractivity contribution in [2.75, 3.05) is 0 Å². The molecular weight excluding hydrogens is 468 g/mol. The van der Waals surface area contributed by atoms with Crippen LogP contribution in [-0.4, -0.2) is 5.91 Å². The summed E-state index contributed by atoms with van der Waals surface area (Å²) in [7, 11) is -2.45. The van der Waals surface area contributed by atoms with Gasteiger partial charge in [0.25, 0.3) is 5.91 Å². The lowest BCUT2D eigenvalue weighted by atomic mass is 10.1. The van der Waals surface area contributed by atoms with E-state index in [9.17, 15) is 4.79 Å². The van der Waals surface area contributed by atoms with Gasteiger partial charge in [-0.2, -0.15) is 0 Å². The molecule has 0 unspecified atom stereocenters. The van der Waals surface area contributed by atoms with Crippen LogP contribution in [-0.2, 0) is 0 Å². The van der Waals surface area contributed by atoms with Gasteiger partial charge in [0.15, 0.2) is 12.7 Å². The van der Waals surface area contributed by atoms with Gasteiger partial charge >= 0.3 is 0 Å². The Labute approximate surface area is 207 Å². The fraction of sp³-hybridized carbons (Fsp3) is 0.0357. The SMILES string of the molecule is Cc1ccc(C(=O)NC(=CCl)[P+](c2ccccc2)(c2ccccc2)c2ccccc2)cc1.[Cl-]. The Morgan fingerprint density at radius 1 is 0.697 bits per heavy atom. The van der Waals surface area contributed by atoms with E-state index in [1.54, 1.807) is 0 Å². The van der Waals surface area contributed by atoms with Crippen molar-refractivity contribution in [3.8, 4) is 0 Å². The molecule has 0 spiro atoms. The van der Waals surface area contributed by atoms with Crippen LogP contribution in [0.3, 0.4) is 0 Å². The lowest BCUT2D eigenvalue weighted by molar-refractivity contribution is -0.0000145. The number of carbonyl (C=O) groups is 1. The maximum Gasteiger partial charge on any atom is 0.258 e. The third kappa shape index (κ3) is 5.04. The number of nitrogens with one attached hydrogen (secondary N) is 1. The summed E-state index contributed by atoms with van der Waals surface area (Å²) in [5, 5.41) is 6.54. The minimum atomic E-state index is -2.45. The summed E-state index contributed by atoms with van der Waals surface area (Å²) in [5.41, 5.74) is 3.94. The van der Waals surface area contributed by atoms with E-state index in [4.69, 9.17) is 11.6 Å². The highest BCUT2D eigenvalue weighted by Gasteiger charge is 2.50. The Hall–Kier alpha value is -2.90. The molecule has 0 bridgehead atoms. The molecule has 5 heteroatoms. The van der Waals surface area contributed by atoms with Crippen LogP contribution in [0.4, 0.5) is 0 Å².